The summed E-state index contributed by atoms with van der Waals surface area (Å²) in [5.41, 5.74) is 0. The van der Waals surface area contributed by atoms with Gasteiger partial charge < -0.3 is 15.5 Å². The zero-order chi connectivity index (χ0) is 10.7. The maximum atomic E-state index is 11.8. The van der Waals surface area contributed by atoms with Gasteiger partial charge in [0.1, 0.15) is 0 Å². The molecule has 1 unspecified atom stereocenters. The Morgan fingerprint density at radius 3 is 2.67 bits per heavy atom. The van der Waals surface area contributed by atoms with E-state index in [4.69, 9.17) is 0 Å². The van der Waals surface area contributed by atoms with Crippen LogP contribution >= 0.6 is 0 Å². The van der Waals surface area contributed by atoms with Crippen molar-refractivity contribution in [3.05, 3.63) is 0 Å². The van der Waals surface area contributed by atoms with Gasteiger partial charge in [-0.15, -0.1) is 0 Å². The van der Waals surface area contributed by atoms with Crippen molar-refractivity contribution in [1.82, 2.24) is 15.5 Å². The number of likely N-dealkylation sites (N-methyl/N-ethyl adjacent to an activating group) is 1. The van der Waals surface area contributed by atoms with Gasteiger partial charge in [0.15, 0.2) is 0 Å². The van der Waals surface area contributed by atoms with Gasteiger partial charge in [0.2, 0.25) is 0 Å². The molecule has 0 aromatic carbocycles. The van der Waals surface area contributed by atoms with Gasteiger partial charge in [-0.1, -0.05) is 0 Å². The Labute approximate surface area is 91.4 Å². The summed E-state index contributed by atoms with van der Waals surface area (Å²) in [6.45, 7) is 2.03. The van der Waals surface area contributed by atoms with Crippen molar-refractivity contribution < 1.29 is 4.79 Å². The molecule has 1 heterocycles. The third kappa shape index (κ3) is 2.62. The number of hydrogen-bond donors (Lipinski definition) is 2. The third-order valence-corrected chi connectivity index (χ3v) is 3.57. The van der Waals surface area contributed by atoms with Crippen LogP contribution in [0.4, 0.5) is 4.79 Å². The van der Waals surface area contributed by atoms with E-state index < -0.39 is 0 Å². The Morgan fingerprint density at radius 2 is 2.13 bits per heavy atom. The molecule has 15 heavy (non-hydrogen) atoms. The van der Waals surface area contributed by atoms with Crippen LogP contribution in [-0.2, 0) is 0 Å². The topological polar surface area (TPSA) is 44.4 Å². The van der Waals surface area contributed by atoms with Crippen molar-refractivity contribution in [3.63, 3.8) is 0 Å². The summed E-state index contributed by atoms with van der Waals surface area (Å²) < 4.78 is 0. The molecule has 4 nitrogen and oxygen atoms in total. The molecule has 0 radical (unpaired) electrons. The Balaban J connectivity index is 1.77. The number of urea groups is 1. The molecule has 2 amide bonds. The monoisotopic (exact) mass is 211 g/mol. The fourth-order valence-electron chi connectivity index (χ4n) is 2.16. The summed E-state index contributed by atoms with van der Waals surface area (Å²) in [4.78, 5) is 13.7. The lowest BCUT2D eigenvalue weighted by Gasteiger charge is -2.34. The highest BCUT2D eigenvalue weighted by Crippen LogP contribution is 2.18. The molecule has 0 spiro atoms. The van der Waals surface area contributed by atoms with Gasteiger partial charge in [0, 0.05) is 25.7 Å². The van der Waals surface area contributed by atoms with Crippen LogP contribution in [-0.4, -0.2) is 43.2 Å². The van der Waals surface area contributed by atoms with Crippen LogP contribution in [0.2, 0.25) is 0 Å². The number of hydrogen-bond acceptors (Lipinski definition) is 2. The molecule has 0 aromatic heterocycles. The fourth-order valence-corrected chi connectivity index (χ4v) is 2.16. The first-order valence-corrected chi connectivity index (χ1v) is 6.01. The van der Waals surface area contributed by atoms with E-state index in [1.807, 2.05) is 11.9 Å². The van der Waals surface area contributed by atoms with Crippen LogP contribution in [0.5, 0.6) is 0 Å². The van der Waals surface area contributed by atoms with Crippen LogP contribution in [0, 0.1) is 0 Å². The molecular weight excluding hydrogens is 190 g/mol. The van der Waals surface area contributed by atoms with Crippen LogP contribution < -0.4 is 10.6 Å². The number of carbonyl (C=O) groups excluding carboxylic acids is 1. The average molecular weight is 211 g/mol. The Bertz CT molecular complexity index is 222. The summed E-state index contributed by atoms with van der Waals surface area (Å²) >= 11 is 0. The van der Waals surface area contributed by atoms with Crippen LogP contribution in [0.25, 0.3) is 0 Å². The summed E-state index contributed by atoms with van der Waals surface area (Å²) in [5.74, 6) is 0. The molecule has 1 aliphatic heterocycles. The largest absolute Gasteiger partial charge is 0.335 e. The molecule has 1 aliphatic carbocycles. The fraction of sp³-hybridized carbons (Fsp3) is 0.909. The molecular formula is C11H21N3O. The first-order valence-electron chi connectivity index (χ1n) is 6.01. The van der Waals surface area contributed by atoms with Gasteiger partial charge in [-0.3, -0.25) is 0 Å². The Morgan fingerprint density at radius 1 is 1.33 bits per heavy atom. The van der Waals surface area contributed by atoms with Crippen molar-refractivity contribution in [2.24, 2.45) is 0 Å². The SMILES string of the molecule is CN(C(=O)NC1CCC1)C1CCCNC1. The minimum Gasteiger partial charge on any atom is -0.335 e. The molecule has 2 rings (SSSR count). The molecule has 1 saturated carbocycles. The van der Waals surface area contributed by atoms with Gasteiger partial charge in [-0.2, -0.15) is 0 Å². The van der Waals surface area contributed by atoms with Gasteiger partial charge in [0.25, 0.3) is 0 Å². The molecule has 1 atom stereocenters. The van der Waals surface area contributed by atoms with E-state index in [1.165, 1.54) is 12.8 Å². The lowest BCUT2D eigenvalue weighted by molar-refractivity contribution is 0.168. The molecule has 2 fully saturated rings. The smallest absolute Gasteiger partial charge is 0.317 e. The van der Waals surface area contributed by atoms with Gasteiger partial charge >= 0.3 is 6.03 Å². The lowest BCUT2D eigenvalue weighted by atomic mass is 9.93. The first kappa shape index (κ1) is 10.7. The second-order valence-electron chi connectivity index (χ2n) is 4.69. The van der Waals surface area contributed by atoms with Crippen LogP contribution in [0.3, 0.4) is 0 Å². The van der Waals surface area contributed by atoms with E-state index in [0.717, 1.165) is 32.4 Å². The highest BCUT2D eigenvalue weighted by atomic mass is 16.2. The highest BCUT2D eigenvalue weighted by Gasteiger charge is 2.25. The number of rotatable bonds is 2. The maximum absolute atomic E-state index is 11.8. The molecule has 2 N–H and O–H groups in total. The average Bonchev–Trinajstić information content (AvgIpc) is 2.23. The molecule has 2 aliphatic rings. The van der Waals surface area contributed by atoms with Gasteiger partial charge in [-0.05, 0) is 38.6 Å². The van der Waals surface area contributed by atoms with E-state index in [0.29, 0.717) is 12.1 Å². The number of piperidine rings is 1. The Kier molecular flexibility index (Phi) is 3.46. The van der Waals surface area contributed by atoms with Crippen LogP contribution in [0.15, 0.2) is 0 Å². The van der Waals surface area contributed by atoms with E-state index >= 15 is 0 Å². The highest BCUT2D eigenvalue weighted by molar-refractivity contribution is 5.74. The summed E-state index contributed by atoms with van der Waals surface area (Å²) in [5, 5.41) is 6.40. The standard InChI is InChI=1S/C11H21N3O/c1-14(10-6-3-7-12-8-10)11(15)13-9-4-2-5-9/h9-10,12H,2-8H2,1H3,(H,13,15). The van der Waals surface area contributed by atoms with E-state index in [-0.39, 0.29) is 6.03 Å². The molecule has 4 heteroatoms. The number of nitrogens with one attached hydrogen (secondary N) is 2. The van der Waals surface area contributed by atoms with Crippen molar-refractivity contribution in [2.75, 3.05) is 20.1 Å². The summed E-state index contributed by atoms with van der Waals surface area (Å²) in [6.07, 6.45) is 5.87. The number of nitrogens with zero attached hydrogens (tertiary/aromatic N) is 1. The predicted octanol–water partition coefficient (Wildman–Crippen LogP) is 0.932. The van der Waals surface area contributed by atoms with Crippen molar-refractivity contribution >= 4 is 6.03 Å². The van der Waals surface area contributed by atoms with E-state index in [9.17, 15) is 4.79 Å². The summed E-state index contributed by atoms with van der Waals surface area (Å²) in [7, 11) is 1.91. The lowest BCUT2D eigenvalue weighted by Crippen LogP contribution is -2.53. The summed E-state index contributed by atoms with van der Waals surface area (Å²) in [6, 6.07) is 0.920. The normalized spacial score (nSPS) is 26.9. The minimum absolute atomic E-state index is 0.105. The van der Waals surface area contributed by atoms with E-state index in [1.54, 1.807) is 0 Å². The van der Waals surface area contributed by atoms with Crippen molar-refractivity contribution in [2.45, 2.75) is 44.2 Å². The molecule has 0 bridgehead atoms. The first-order chi connectivity index (χ1) is 7.27. The number of carbonyl (C=O) groups is 1. The third-order valence-electron chi connectivity index (χ3n) is 3.57. The zero-order valence-corrected chi connectivity index (χ0v) is 9.46. The maximum Gasteiger partial charge on any atom is 0.317 e. The molecule has 86 valence electrons. The van der Waals surface area contributed by atoms with Gasteiger partial charge in [0.05, 0.1) is 0 Å². The predicted molar refractivity (Wildman–Crippen MR) is 59.8 cm³/mol. The number of amides is 2. The van der Waals surface area contributed by atoms with Crippen LogP contribution in [0.1, 0.15) is 32.1 Å². The van der Waals surface area contributed by atoms with Gasteiger partial charge in [-0.25, -0.2) is 4.79 Å². The van der Waals surface area contributed by atoms with Crippen molar-refractivity contribution in [3.8, 4) is 0 Å². The molecule has 1 saturated heterocycles. The quantitative estimate of drug-likeness (QED) is 0.713. The Hall–Kier alpha value is -0.770. The van der Waals surface area contributed by atoms with Crippen molar-refractivity contribution in [1.29, 1.82) is 0 Å². The minimum atomic E-state index is 0.105. The second kappa shape index (κ2) is 4.84. The zero-order valence-electron chi connectivity index (χ0n) is 9.46. The molecule has 0 aromatic rings. The second-order valence-corrected chi connectivity index (χ2v) is 4.69. The van der Waals surface area contributed by atoms with E-state index in [2.05, 4.69) is 10.6 Å².